The number of methoxy groups -OCH3 is 1. The van der Waals surface area contributed by atoms with E-state index in [4.69, 9.17) is 9.15 Å². The molecule has 0 bridgehead atoms. The maximum atomic E-state index is 11.9. The van der Waals surface area contributed by atoms with Crippen molar-refractivity contribution >= 4 is 5.91 Å². The summed E-state index contributed by atoms with van der Waals surface area (Å²) in [6.45, 7) is 1.98. The van der Waals surface area contributed by atoms with Gasteiger partial charge in [0, 0.05) is 18.9 Å². The molecule has 0 aliphatic heterocycles. The van der Waals surface area contributed by atoms with Gasteiger partial charge in [-0.25, -0.2) is 0 Å². The van der Waals surface area contributed by atoms with Crippen molar-refractivity contribution in [3.8, 4) is 5.75 Å². The SMILES string of the molecule is COc1ccc(CCC(=O)N[C@H](C)Cc2ccco2)cc1. The molecule has 0 radical (unpaired) electrons. The summed E-state index contributed by atoms with van der Waals surface area (Å²) in [4.78, 5) is 11.9. The lowest BCUT2D eigenvalue weighted by atomic mass is 10.1. The molecule has 0 aliphatic carbocycles. The van der Waals surface area contributed by atoms with Crippen molar-refractivity contribution in [2.75, 3.05) is 7.11 Å². The van der Waals surface area contributed by atoms with Gasteiger partial charge >= 0.3 is 0 Å². The first-order valence-corrected chi connectivity index (χ1v) is 7.12. The highest BCUT2D eigenvalue weighted by molar-refractivity contribution is 5.76. The minimum absolute atomic E-state index is 0.0601. The first kappa shape index (κ1) is 15.2. The van der Waals surface area contributed by atoms with Gasteiger partial charge in [0.1, 0.15) is 11.5 Å². The van der Waals surface area contributed by atoms with Gasteiger partial charge in [0.25, 0.3) is 0 Å². The summed E-state index contributed by atoms with van der Waals surface area (Å²) >= 11 is 0. The molecular weight excluding hydrogens is 266 g/mol. The lowest BCUT2D eigenvalue weighted by Crippen LogP contribution is -2.34. The molecule has 0 saturated carbocycles. The van der Waals surface area contributed by atoms with E-state index in [0.717, 1.165) is 23.5 Å². The smallest absolute Gasteiger partial charge is 0.220 e. The lowest BCUT2D eigenvalue weighted by Gasteiger charge is -2.12. The first-order chi connectivity index (χ1) is 10.2. The van der Waals surface area contributed by atoms with E-state index in [1.54, 1.807) is 13.4 Å². The molecule has 0 unspecified atom stereocenters. The zero-order chi connectivity index (χ0) is 15.1. The molecule has 1 amide bonds. The molecule has 0 fully saturated rings. The van der Waals surface area contributed by atoms with E-state index in [1.807, 2.05) is 43.3 Å². The van der Waals surface area contributed by atoms with Crippen LogP contribution in [0.1, 0.15) is 24.7 Å². The molecule has 2 aromatic rings. The van der Waals surface area contributed by atoms with Gasteiger partial charge in [-0.05, 0) is 43.2 Å². The average molecular weight is 287 g/mol. The van der Waals surface area contributed by atoms with Crippen molar-refractivity contribution in [1.82, 2.24) is 5.32 Å². The van der Waals surface area contributed by atoms with E-state index >= 15 is 0 Å². The Morgan fingerprint density at radius 2 is 2.05 bits per heavy atom. The number of carbonyl (C=O) groups excluding carboxylic acids is 1. The second-order valence-corrected chi connectivity index (χ2v) is 5.10. The lowest BCUT2D eigenvalue weighted by molar-refractivity contribution is -0.121. The molecule has 1 atom stereocenters. The van der Waals surface area contributed by atoms with Crippen molar-refractivity contribution < 1.29 is 13.9 Å². The summed E-state index contributed by atoms with van der Waals surface area (Å²) in [5, 5.41) is 2.99. The van der Waals surface area contributed by atoms with Crippen LogP contribution in [0.2, 0.25) is 0 Å². The fourth-order valence-electron chi connectivity index (χ4n) is 2.18. The fourth-order valence-corrected chi connectivity index (χ4v) is 2.18. The van der Waals surface area contributed by atoms with Gasteiger partial charge in [-0.2, -0.15) is 0 Å². The van der Waals surface area contributed by atoms with Crippen LogP contribution in [0.25, 0.3) is 0 Å². The minimum atomic E-state index is 0.0601. The number of furan rings is 1. The molecule has 0 spiro atoms. The van der Waals surface area contributed by atoms with Crippen LogP contribution < -0.4 is 10.1 Å². The van der Waals surface area contributed by atoms with E-state index in [-0.39, 0.29) is 11.9 Å². The van der Waals surface area contributed by atoms with E-state index < -0.39 is 0 Å². The summed E-state index contributed by atoms with van der Waals surface area (Å²) in [6.07, 6.45) is 3.56. The van der Waals surface area contributed by atoms with Crippen LogP contribution in [0, 0.1) is 0 Å². The number of benzene rings is 1. The Labute approximate surface area is 125 Å². The topological polar surface area (TPSA) is 51.5 Å². The van der Waals surface area contributed by atoms with Crippen molar-refractivity contribution in [2.24, 2.45) is 0 Å². The molecule has 1 aromatic carbocycles. The van der Waals surface area contributed by atoms with E-state index in [2.05, 4.69) is 5.32 Å². The summed E-state index contributed by atoms with van der Waals surface area (Å²) < 4.78 is 10.4. The van der Waals surface area contributed by atoms with Gasteiger partial charge in [-0.3, -0.25) is 4.79 Å². The number of nitrogens with one attached hydrogen (secondary N) is 1. The minimum Gasteiger partial charge on any atom is -0.497 e. The van der Waals surface area contributed by atoms with E-state index in [0.29, 0.717) is 12.8 Å². The maximum Gasteiger partial charge on any atom is 0.220 e. The molecule has 112 valence electrons. The Hall–Kier alpha value is -2.23. The quantitative estimate of drug-likeness (QED) is 0.851. The Kier molecular flexibility index (Phi) is 5.43. The Morgan fingerprint density at radius 3 is 2.67 bits per heavy atom. The zero-order valence-electron chi connectivity index (χ0n) is 12.5. The van der Waals surface area contributed by atoms with Crippen molar-refractivity contribution in [2.45, 2.75) is 32.2 Å². The summed E-state index contributed by atoms with van der Waals surface area (Å²) in [5.74, 6) is 1.78. The van der Waals surface area contributed by atoms with Crippen molar-refractivity contribution in [3.63, 3.8) is 0 Å². The highest BCUT2D eigenvalue weighted by Crippen LogP contribution is 2.12. The fraction of sp³-hybridized carbons (Fsp3) is 0.353. The van der Waals surface area contributed by atoms with Gasteiger partial charge in [0.05, 0.1) is 13.4 Å². The normalized spacial score (nSPS) is 11.9. The van der Waals surface area contributed by atoms with E-state index in [9.17, 15) is 4.79 Å². The van der Waals surface area contributed by atoms with Gasteiger partial charge in [0.15, 0.2) is 0 Å². The number of ether oxygens (including phenoxy) is 1. The molecular formula is C17H21NO3. The summed E-state index contributed by atoms with van der Waals surface area (Å²) in [7, 11) is 1.64. The first-order valence-electron chi connectivity index (χ1n) is 7.12. The number of rotatable bonds is 7. The molecule has 1 aromatic heterocycles. The molecule has 2 rings (SSSR count). The maximum absolute atomic E-state index is 11.9. The van der Waals surface area contributed by atoms with Crippen LogP contribution in [-0.4, -0.2) is 19.1 Å². The number of amides is 1. The molecule has 21 heavy (non-hydrogen) atoms. The third kappa shape index (κ3) is 4.99. The largest absolute Gasteiger partial charge is 0.497 e. The van der Waals surface area contributed by atoms with Crippen LogP contribution in [0.15, 0.2) is 47.1 Å². The van der Waals surface area contributed by atoms with E-state index in [1.165, 1.54) is 0 Å². The number of aryl methyl sites for hydroxylation is 1. The molecule has 4 heteroatoms. The Morgan fingerprint density at radius 1 is 1.29 bits per heavy atom. The number of carbonyl (C=O) groups is 1. The highest BCUT2D eigenvalue weighted by atomic mass is 16.5. The van der Waals surface area contributed by atoms with Crippen LogP contribution in [0.3, 0.4) is 0 Å². The molecule has 0 aliphatic rings. The average Bonchev–Trinajstić information content (AvgIpc) is 2.98. The number of hydrogen-bond acceptors (Lipinski definition) is 3. The molecule has 4 nitrogen and oxygen atoms in total. The summed E-state index contributed by atoms with van der Waals surface area (Å²) in [6, 6.07) is 11.6. The Bertz CT molecular complexity index is 546. The standard InChI is InChI=1S/C17H21NO3/c1-13(12-16-4-3-11-21-16)18-17(19)10-7-14-5-8-15(20-2)9-6-14/h3-6,8-9,11,13H,7,10,12H2,1-2H3,(H,18,19)/t13-/m1/s1. The third-order valence-electron chi connectivity index (χ3n) is 3.29. The molecule has 1 N–H and O–H groups in total. The van der Waals surface area contributed by atoms with Crippen LogP contribution >= 0.6 is 0 Å². The second-order valence-electron chi connectivity index (χ2n) is 5.10. The van der Waals surface area contributed by atoms with Gasteiger partial charge in [-0.1, -0.05) is 12.1 Å². The molecule has 1 heterocycles. The van der Waals surface area contributed by atoms with Gasteiger partial charge < -0.3 is 14.5 Å². The predicted molar refractivity (Wildman–Crippen MR) is 81.3 cm³/mol. The molecule has 0 saturated heterocycles. The van der Waals surface area contributed by atoms with Crippen LogP contribution in [0.4, 0.5) is 0 Å². The van der Waals surface area contributed by atoms with Crippen molar-refractivity contribution in [3.05, 3.63) is 54.0 Å². The second kappa shape index (κ2) is 7.53. The van der Waals surface area contributed by atoms with Gasteiger partial charge in [0.2, 0.25) is 5.91 Å². The van der Waals surface area contributed by atoms with Crippen LogP contribution in [-0.2, 0) is 17.6 Å². The zero-order valence-corrected chi connectivity index (χ0v) is 12.5. The van der Waals surface area contributed by atoms with Gasteiger partial charge in [-0.15, -0.1) is 0 Å². The van der Waals surface area contributed by atoms with Crippen LogP contribution in [0.5, 0.6) is 5.75 Å². The Balaban J connectivity index is 1.73. The predicted octanol–water partition coefficient (Wildman–Crippen LogP) is 2.97. The van der Waals surface area contributed by atoms with Crippen molar-refractivity contribution in [1.29, 1.82) is 0 Å². The highest BCUT2D eigenvalue weighted by Gasteiger charge is 2.09. The number of hydrogen-bond donors (Lipinski definition) is 1. The third-order valence-corrected chi connectivity index (χ3v) is 3.29. The summed E-state index contributed by atoms with van der Waals surface area (Å²) in [5.41, 5.74) is 1.13. The monoisotopic (exact) mass is 287 g/mol.